The van der Waals surface area contributed by atoms with E-state index in [0.717, 1.165) is 55.5 Å². The molecule has 12 aromatic carbocycles. The number of fused-ring (bicyclic) bond motifs is 9. The lowest BCUT2D eigenvalue weighted by Crippen LogP contribution is -2.19. The van der Waals surface area contributed by atoms with Gasteiger partial charge >= 0.3 is 0 Å². The number of anilines is 6. The third kappa shape index (κ3) is 7.26. The molecule has 0 spiro atoms. The topological polar surface area (TPSA) is 19.6 Å². The fourth-order valence-corrected chi connectivity index (χ4v) is 11.2. The molecule has 0 saturated heterocycles. The Labute approximate surface area is 414 Å². The summed E-state index contributed by atoms with van der Waals surface area (Å²) in [7, 11) is 0. The van der Waals surface area contributed by atoms with Gasteiger partial charge in [0.15, 0.2) is 0 Å². The van der Waals surface area contributed by atoms with Crippen molar-refractivity contribution in [1.29, 1.82) is 0 Å². The zero-order valence-electron chi connectivity index (χ0n) is 41.1. The van der Waals surface area contributed by atoms with Crippen LogP contribution in [0.1, 0.15) is 52.7 Å². The van der Waals surface area contributed by atoms with Crippen LogP contribution in [0, 0.1) is 0 Å². The molecule has 0 radical (unpaired) electrons. The number of furan rings is 1. The normalized spacial score (nSPS) is 12.4. The van der Waals surface area contributed by atoms with E-state index in [2.05, 4.69) is 270 Å². The lowest BCUT2D eigenvalue weighted by molar-refractivity contribution is 0.591. The highest BCUT2D eigenvalue weighted by Gasteiger charge is 2.28. The van der Waals surface area contributed by atoms with Gasteiger partial charge in [0.25, 0.3) is 0 Å². The second-order valence-electron chi connectivity index (χ2n) is 21.5. The molecule has 0 amide bonds. The monoisotopic (exact) mass is 914 g/mol. The van der Waals surface area contributed by atoms with Gasteiger partial charge in [0.05, 0.1) is 22.7 Å². The quantitative estimate of drug-likeness (QED) is 0.166. The maximum Gasteiger partial charge on any atom is 0.136 e. The Morgan fingerprint density at radius 2 is 0.620 bits per heavy atom. The van der Waals surface area contributed by atoms with E-state index in [0.29, 0.717) is 0 Å². The molecule has 0 atom stereocenters. The van der Waals surface area contributed by atoms with Gasteiger partial charge in [0.2, 0.25) is 0 Å². The van der Waals surface area contributed by atoms with Crippen LogP contribution < -0.4 is 9.80 Å². The Bertz CT molecular complexity index is 3990. The van der Waals surface area contributed by atoms with E-state index in [1.165, 1.54) is 76.4 Å². The zero-order valence-corrected chi connectivity index (χ0v) is 41.1. The molecule has 0 aliphatic heterocycles. The Morgan fingerprint density at radius 1 is 0.268 bits per heavy atom. The van der Waals surface area contributed by atoms with Crippen molar-refractivity contribution in [1.82, 2.24) is 0 Å². The zero-order chi connectivity index (χ0) is 48.2. The summed E-state index contributed by atoms with van der Waals surface area (Å²) >= 11 is 0. The Hall–Kier alpha value is -8.40. The molecule has 3 nitrogen and oxygen atoms in total. The second kappa shape index (κ2) is 16.1. The van der Waals surface area contributed by atoms with Gasteiger partial charge in [-0.3, -0.25) is 0 Å². The SMILES string of the molecule is CC(C)(C)c1cc2ccccc2cc1N(c1ccc2cc3c(cc2c1)oc1cc2cc(N(c4cc5ccccc5cc4C(C)(C)C)c4cccc5ccccc45)ccc2cc13)c1cccc2ccccc12. The van der Waals surface area contributed by atoms with Crippen molar-refractivity contribution >= 4 is 121 Å². The molecule has 0 aliphatic carbocycles. The molecule has 1 aromatic heterocycles. The molecule has 0 aliphatic rings. The molecule has 13 aromatic rings. The molecule has 0 fully saturated rings. The van der Waals surface area contributed by atoms with Gasteiger partial charge < -0.3 is 14.2 Å². The average molecular weight is 915 g/mol. The summed E-state index contributed by atoms with van der Waals surface area (Å²) in [6, 6.07) is 80.7. The lowest BCUT2D eigenvalue weighted by atomic mass is 9.83. The third-order valence-corrected chi connectivity index (χ3v) is 14.7. The molecule has 342 valence electrons. The van der Waals surface area contributed by atoms with Crippen LogP contribution in [-0.2, 0) is 10.8 Å². The van der Waals surface area contributed by atoms with Crippen molar-refractivity contribution in [3.8, 4) is 0 Å². The van der Waals surface area contributed by atoms with Gasteiger partial charge in [-0.05, 0) is 161 Å². The summed E-state index contributed by atoms with van der Waals surface area (Å²) in [6.45, 7) is 13.9. The summed E-state index contributed by atoms with van der Waals surface area (Å²) in [5, 5.41) is 16.6. The van der Waals surface area contributed by atoms with Crippen LogP contribution in [0.25, 0.3) is 86.6 Å². The van der Waals surface area contributed by atoms with Gasteiger partial charge in [-0.15, -0.1) is 0 Å². The molecule has 0 saturated carbocycles. The number of hydrogen-bond acceptors (Lipinski definition) is 3. The largest absolute Gasteiger partial charge is 0.456 e. The first-order valence-electron chi connectivity index (χ1n) is 24.9. The maximum atomic E-state index is 6.92. The van der Waals surface area contributed by atoms with E-state index in [1.54, 1.807) is 0 Å². The molecule has 0 unspecified atom stereocenters. The average Bonchev–Trinajstić information content (AvgIpc) is 3.72. The van der Waals surface area contributed by atoms with Crippen LogP contribution in [-0.4, -0.2) is 0 Å². The third-order valence-electron chi connectivity index (χ3n) is 14.7. The minimum absolute atomic E-state index is 0.121. The van der Waals surface area contributed by atoms with Crippen molar-refractivity contribution < 1.29 is 4.42 Å². The first-order chi connectivity index (χ1) is 34.4. The molecule has 71 heavy (non-hydrogen) atoms. The van der Waals surface area contributed by atoms with E-state index >= 15 is 0 Å². The number of nitrogens with zero attached hydrogens (tertiary/aromatic N) is 2. The molecule has 3 heteroatoms. The fraction of sp³-hybridized carbons (Fsp3) is 0.118. The molecule has 1 heterocycles. The van der Waals surface area contributed by atoms with Crippen LogP contribution in [0.2, 0.25) is 0 Å². The minimum atomic E-state index is -0.121. The fourth-order valence-electron chi connectivity index (χ4n) is 11.2. The first-order valence-corrected chi connectivity index (χ1v) is 24.9. The molecular formula is C68H54N2O. The van der Waals surface area contributed by atoms with Gasteiger partial charge in [0.1, 0.15) is 11.2 Å². The van der Waals surface area contributed by atoms with Gasteiger partial charge in [-0.1, -0.05) is 175 Å². The number of hydrogen-bond donors (Lipinski definition) is 0. The lowest BCUT2D eigenvalue weighted by Gasteiger charge is -2.33. The minimum Gasteiger partial charge on any atom is -0.456 e. The Balaban J connectivity index is 0.979. The van der Waals surface area contributed by atoms with Crippen LogP contribution in [0.3, 0.4) is 0 Å². The molecule has 13 rings (SSSR count). The van der Waals surface area contributed by atoms with E-state index in [4.69, 9.17) is 4.42 Å². The summed E-state index contributed by atoms with van der Waals surface area (Å²) in [5.74, 6) is 0. The highest BCUT2D eigenvalue weighted by molar-refractivity contribution is 6.15. The van der Waals surface area contributed by atoms with Gasteiger partial charge in [0, 0.05) is 32.9 Å². The number of rotatable bonds is 6. The standard InChI is InChI=1S/C68H54N2O/c1-67(2,3)59-37-45-19-7-9-21-47(45)39-63(59)69(61-27-15-23-43-17-11-13-25-55(43)61)53-31-29-49-35-57-58-36-50-30-32-54(34-52(50)42-66(58)71-65(57)41-51(49)33-53)70(62-28-16-24-44-18-12-14-26-56(44)62)64-40-48-22-10-8-20-46(48)38-60(64)68(4,5)6/h7-42H,1-6H3. The Morgan fingerprint density at radius 3 is 1.03 bits per heavy atom. The second-order valence-corrected chi connectivity index (χ2v) is 21.5. The first kappa shape index (κ1) is 42.7. The van der Waals surface area contributed by atoms with E-state index in [1.807, 2.05) is 0 Å². The summed E-state index contributed by atoms with van der Waals surface area (Å²) in [4.78, 5) is 4.96. The van der Waals surface area contributed by atoms with Crippen molar-refractivity contribution in [3.05, 3.63) is 230 Å². The van der Waals surface area contributed by atoms with E-state index < -0.39 is 0 Å². The highest BCUT2D eigenvalue weighted by atomic mass is 16.3. The van der Waals surface area contributed by atoms with Crippen LogP contribution in [0.4, 0.5) is 34.1 Å². The Kier molecular flexibility index (Phi) is 9.67. The van der Waals surface area contributed by atoms with Crippen LogP contribution >= 0.6 is 0 Å². The van der Waals surface area contributed by atoms with Crippen molar-refractivity contribution in [3.63, 3.8) is 0 Å². The van der Waals surface area contributed by atoms with Crippen LogP contribution in [0.5, 0.6) is 0 Å². The van der Waals surface area contributed by atoms with Gasteiger partial charge in [-0.2, -0.15) is 0 Å². The van der Waals surface area contributed by atoms with Gasteiger partial charge in [-0.25, -0.2) is 0 Å². The van der Waals surface area contributed by atoms with Crippen molar-refractivity contribution in [2.45, 2.75) is 52.4 Å². The summed E-state index contributed by atoms with van der Waals surface area (Å²) in [5.41, 5.74) is 10.9. The maximum absolute atomic E-state index is 6.92. The summed E-state index contributed by atoms with van der Waals surface area (Å²) < 4.78 is 6.92. The molecular weight excluding hydrogens is 861 g/mol. The van der Waals surface area contributed by atoms with Crippen molar-refractivity contribution in [2.24, 2.45) is 0 Å². The smallest absolute Gasteiger partial charge is 0.136 e. The number of benzene rings is 12. The van der Waals surface area contributed by atoms with Crippen molar-refractivity contribution in [2.75, 3.05) is 9.80 Å². The van der Waals surface area contributed by atoms with E-state index in [9.17, 15) is 0 Å². The predicted molar refractivity (Wildman–Crippen MR) is 306 cm³/mol. The molecule has 0 bridgehead atoms. The van der Waals surface area contributed by atoms with Crippen LogP contribution in [0.15, 0.2) is 223 Å². The summed E-state index contributed by atoms with van der Waals surface area (Å²) in [6.07, 6.45) is 0. The molecule has 0 N–H and O–H groups in total. The van der Waals surface area contributed by atoms with E-state index in [-0.39, 0.29) is 10.8 Å². The predicted octanol–water partition coefficient (Wildman–Crippen LogP) is 20.0. The highest BCUT2D eigenvalue weighted by Crippen LogP contribution is 2.48.